The molecule has 0 atom stereocenters. The predicted molar refractivity (Wildman–Crippen MR) is 284 cm³/mol. The van der Waals surface area contributed by atoms with Crippen molar-refractivity contribution in [3.63, 3.8) is 0 Å². The van der Waals surface area contributed by atoms with E-state index in [4.69, 9.17) is 28.2 Å². The van der Waals surface area contributed by atoms with Gasteiger partial charge in [0.25, 0.3) is 11.5 Å². The number of halogens is 3. The Morgan fingerprint density at radius 1 is 0.842 bits per heavy atom. The average Bonchev–Trinajstić information content (AvgIpc) is 3.99. The van der Waals surface area contributed by atoms with Gasteiger partial charge < -0.3 is 63.5 Å². The van der Waals surface area contributed by atoms with Gasteiger partial charge in [-0.3, -0.25) is 14.4 Å². The lowest BCUT2D eigenvalue weighted by Crippen LogP contribution is -2.36. The second-order valence-corrected chi connectivity index (χ2v) is 18.3. The molecule has 3 aromatic heterocycles. The number of fused-ring (bicyclic) bond motifs is 1. The first-order chi connectivity index (χ1) is 36.8. The summed E-state index contributed by atoms with van der Waals surface area (Å²) in [4.78, 5) is 40.3. The average molecular weight is 1050 g/mol. The Balaban J connectivity index is 0.724. The van der Waals surface area contributed by atoms with Crippen LogP contribution in [-0.2, 0) is 32.1 Å². The number of nitrogens with zero attached hydrogens (tertiary/aromatic N) is 4. The summed E-state index contributed by atoms with van der Waals surface area (Å²) >= 11 is 0. The lowest BCUT2D eigenvalue weighted by Gasteiger charge is -2.30. The number of hydrogen-bond acceptors (Lipinski definition) is 13. The Bertz CT molecular complexity index is 2970. The molecule has 406 valence electrons. The van der Waals surface area contributed by atoms with E-state index in [9.17, 15) is 27.6 Å². The summed E-state index contributed by atoms with van der Waals surface area (Å²) in [6.45, 7) is 7.73. The molecule has 1 fully saturated rings. The fraction of sp³-hybridized carbons (Fsp3) is 0.429. The monoisotopic (exact) mass is 1050 g/mol. The molecule has 0 unspecified atom stereocenters. The van der Waals surface area contributed by atoms with Gasteiger partial charge in [0.2, 0.25) is 5.91 Å². The minimum absolute atomic E-state index is 0.110. The number of piperidine rings is 1. The minimum atomic E-state index is -4.44. The minimum Gasteiger partial charge on any atom is -0.495 e. The quantitative estimate of drug-likeness (QED) is 0.0296. The summed E-state index contributed by atoms with van der Waals surface area (Å²) in [5.74, 6) is 7.19. The van der Waals surface area contributed by atoms with E-state index < -0.39 is 12.7 Å². The Labute approximate surface area is 440 Å². The molecule has 0 spiro atoms. The zero-order valence-electron chi connectivity index (χ0n) is 43.5. The molecule has 17 nitrogen and oxygen atoms in total. The van der Waals surface area contributed by atoms with Crippen LogP contribution in [0.5, 0.6) is 11.5 Å². The number of pyridine rings is 1. The Morgan fingerprint density at radius 3 is 2.30 bits per heavy atom. The van der Waals surface area contributed by atoms with Gasteiger partial charge in [-0.2, -0.15) is 13.2 Å². The first kappa shape index (κ1) is 56.4. The van der Waals surface area contributed by atoms with Crippen LogP contribution in [0, 0.1) is 25.7 Å². The molecular formula is C56H67F3N8O9. The third-order valence-corrected chi connectivity index (χ3v) is 12.7. The summed E-state index contributed by atoms with van der Waals surface area (Å²) < 4.78 is 77.7. The SMILES string of the molecule is COc1cc(C(=O)NCCOCCOCCOCCNC(=O)CCCOc2ccccc2Cn2cc(-c3c(C)noc3C)ccc2=O)ccc1NCC#Cc1cc2c(NC3CCN(C)CC3)cccc2n1CC(F)(F)F. The van der Waals surface area contributed by atoms with Crippen LogP contribution in [0.15, 0.2) is 94.4 Å². The summed E-state index contributed by atoms with van der Waals surface area (Å²) in [6.07, 6.45) is 0.0325. The summed E-state index contributed by atoms with van der Waals surface area (Å²) in [5, 5.41) is 17.1. The number of carbonyl (C=O) groups excluding carboxylic acids is 2. The molecule has 4 N–H and O–H groups in total. The van der Waals surface area contributed by atoms with Gasteiger partial charge in [-0.1, -0.05) is 35.3 Å². The zero-order chi connectivity index (χ0) is 53.9. The molecule has 76 heavy (non-hydrogen) atoms. The Morgan fingerprint density at radius 2 is 1.58 bits per heavy atom. The maximum absolute atomic E-state index is 13.8. The maximum atomic E-state index is 13.8. The number of likely N-dealkylation sites (tertiary alicyclic amines) is 1. The highest BCUT2D eigenvalue weighted by atomic mass is 19.4. The molecule has 0 saturated carbocycles. The maximum Gasteiger partial charge on any atom is 0.406 e. The van der Waals surface area contributed by atoms with Gasteiger partial charge in [-0.15, -0.1) is 0 Å². The molecular weight excluding hydrogens is 986 g/mol. The number of amides is 2. The molecule has 1 aliphatic heterocycles. The highest BCUT2D eigenvalue weighted by Gasteiger charge is 2.30. The molecule has 2 amide bonds. The van der Waals surface area contributed by atoms with E-state index in [2.05, 4.69) is 50.2 Å². The van der Waals surface area contributed by atoms with Crippen LogP contribution >= 0.6 is 0 Å². The summed E-state index contributed by atoms with van der Waals surface area (Å²) in [7, 11) is 3.56. The number of para-hydroxylation sites is 1. The van der Waals surface area contributed by atoms with Crippen LogP contribution in [0.3, 0.4) is 0 Å². The van der Waals surface area contributed by atoms with Gasteiger partial charge in [0, 0.05) is 71.1 Å². The lowest BCUT2D eigenvalue weighted by molar-refractivity contribution is -0.140. The molecule has 4 heterocycles. The van der Waals surface area contributed by atoms with Gasteiger partial charge in [-0.25, -0.2) is 0 Å². The van der Waals surface area contributed by atoms with Crippen molar-refractivity contribution >= 4 is 34.1 Å². The number of hydrogen-bond donors (Lipinski definition) is 4. The number of nitrogens with one attached hydrogen (secondary N) is 4. The fourth-order valence-electron chi connectivity index (χ4n) is 8.79. The number of anilines is 2. The molecule has 0 radical (unpaired) electrons. The van der Waals surface area contributed by atoms with Gasteiger partial charge >= 0.3 is 6.18 Å². The summed E-state index contributed by atoms with van der Waals surface area (Å²) in [5.41, 5.74) is 5.58. The molecule has 20 heteroatoms. The van der Waals surface area contributed by atoms with Crippen LogP contribution in [0.4, 0.5) is 24.5 Å². The Hall–Kier alpha value is -7.31. The summed E-state index contributed by atoms with van der Waals surface area (Å²) in [6, 6.07) is 23.0. The van der Waals surface area contributed by atoms with Crippen molar-refractivity contribution in [3.8, 4) is 34.5 Å². The number of alkyl halides is 3. The van der Waals surface area contributed by atoms with Crippen molar-refractivity contribution in [1.29, 1.82) is 0 Å². The third-order valence-electron chi connectivity index (χ3n) is 12.7. The van der Waals surface area contributed by atoms with E-state index in [0.717, 1.165) is 54.0 Å². The highest BCUT2D eigenvalue weighted by molar-refractivity contribution is 5.95. The molecule has 1 saturated heterocycles. The zero-order valence-corrected chi connectivity index (χ0v) is 43.5. The fourth-order valence-corrected chi connectivity index (χ4v) is 8.79. The molecule has 6 aromatic rings. The van der Waals surface area contributed by atoms with E-state index in [1.165, 1.54) is 17.7 Å². The number of carbonyl (C=O) groups is 2. The number of methoxy groups -OCH3 is 1. The van der Waals surface area contributed by atoms with Crippen molar-refractivity contribution < 1.29 is 51.0 Å². The second kappa shape index (κ2) is 28.0. The van der Waals surface area contributed by atoms with Crippen LogP contribution in [0.2, 0.25) is 0 Å². The third kappa shape index (κ3) is 16.6. The van der Waals surface area contributed by atoms with Crippen LogP contribution in [-0.4, -0.2) is 136 Å². The van der Waals surface area contributed by atoms with Gasteiger partial charge in [0.15, 0.2) is 0 Å². The number of aromatic nitrogens is 3. The smallest absolute Gasteiger partial charge is 0.406 e. The van der Waals surface area contributed by atoms with Crippen molar-refractivity contribution in [2.75, 3.05) is 104 Å². The van der Waals surface area contributed by atoms with E-state index in [-0.39, 0.29) is 55.2 Å². The molecule has 0 bridgehead atoms. The lowest BCUT2D eigenvalue weighted by atomic mass is 10.0. The topological polar surface area (TPSA) is 185 Å². The van der Waals surface area contributed by atoms with Crippen molar-refractivity contribution in [1.82, 2.24) is 29.8 Å². The first-order valence-corrected chi connectivity index (χ1v) is 25.4. The second-order valence-electron chi connectivity index (χ2n) is 18.3. The van der Waals surface area contributed by atoms with E-state index in [1.807, 2.05) is 44.2 Å². The molecule has 7 rings (SSSR count). The standard InChI is InChI=1S/C56H67F3N8O9/c1-39-54(40(2)76-64-39)43-17-19-53(69)66(37-43)36-42-10-5-6-14-50(42)75-27-9-15-52(68)61-23-28-72-30-32-74-33-31-73-29-24-62-55(70)41-16-18-48(51(34-41)71-4)60-22-8-11-45-35-46-47(63-44-20-25-65(3)26-21-44)12-7-13-49(46)67(45)38-56(57,58)59/h5-7,10,12-14,16-19,34-35,37,44,60,63H,9,15,20-33,36,38H2,1-4H3,(H,61,68)(H,62,70). The van der Waals surface area contributed by atoms with Gasteiger partial charge in [-0.05, 0) is 108 Å². The number of benzene rings is 3. The number of rotatable bonds is 27. The first-order valence-electron chi connectivity index (χ1n) is 25.4. The van der Waals surface area contributed by atoms with Crippen molar-refractivity contribution in [2.45, 2.75) is 64.8 Å². The van der Waals surface area contributed by atoms with Crippen LogP contribution < -0.4 is 36.3 Å². The predicted octanol–water partition coefficient (Wildman–Crippen LogP) is 7.42. The normalized spacial score (nSPS) is 13.0. The van der Waals surface area contributed by atoms with Crippen molar-refractivity contribution in [2.24, 2.45) is 0 Å². The van der Waals surface area contributed by atoms with E-state index in [1.54, 1.807) is 53.2 Å². The molecule has 1 aliphatic rings. The van der Waals surface area contributed by atoms with Crippen LogP contribution in [0.1, 0.15) is 58.8 Å². The van der Waals surface area contributed by atoms with Gasteiger partial charge in [0.05, 0.1) is 89.0 Å². The van der Waals surface area contributed by atoms with E-state index in [0.29, 0.717) is 98.6 Å². The largest absolute Gasteiger partial charge is 0.495 e. The highest BCUT2D eigenvalue weighted by Crippen LogP contribution is 2.32. The van der Waals surface area contributed by atoms with Gasteiger partial charge in [0.1, 0.15) is 23.8 Å². The number of ether oxygens (including phenoxy) is 5. The Kier molecular flexibility index (Phi) is 20.8. The molecule has 0 aliphatic carbocycles. The van der Waals surface area contributed by atoms with Crippen molar-refractivity contribution in [3.05, 3.63) is 124 Å². The van der Waals surface area contributed by atoms with Crippen LogP contribution in [0.25, 0.3) is 22.0 Å². The molecule has 3 aromatic carbocycles. The number of aryl methyl sites for hydroxylation is 2. The van der Waals surface area contributed by atoms with E-state index >= 15 is 0 Å².